The molecule has 0 aromatic carbocycles. The number of rotatable bonds is 1. The van der Waals surface area contributed by atoms with Gasteiger partial charge in [-0.25, -0.2) is 0 Å². The molecule has 0 aliphatic carbocycles. The van der Waals surface area contributed by atoms with Crippen LogP contribution in [-0.4, -0.2) is 29.4 Å². The van der Waals surface area contributed by atoms with Gasteiger partial charge >= 0.3 is 0 Å². The van der Waals surface area contributed by atoms with Crippen molar-refractivity contribution in [2.24, 2.45) is 12.5 Å². The summed E-state index contributed by atoms with van der Waals surface area (Å²) in [6, 6.07) is 0.535. The van der Waals surface area contributed by atoms with Crippen LogP contribution in [0.1, 0.15) is 24.4 Å². The van der Waals surface area contributed by atoms with E-state index >= 15 is 0 Å². The van der Waals surface area contributed by atoms with Crippen LogP contribution in [0.2, 0.25) is 0 Å². The summed E-state index contributed by atoms with van der Waals surface area (Å²) in [5.74, 6) is 0. The Morgan fingerprint density at radius 2 is 2.27 bits per heavy atom. The second-order valence-electron chi connectivity index (χ2n) is 4.87. The van der Waals surface area contributed by atoms with Gasteiger partial charge in [0.15, 0.2) is 0 Å². The van der Waals surface area contributed by atoms with E-state index in [1.165, 1.54) is 38.0 Å². The lowest BCUT2D eigenvalue weighted by molar-refractivity contribution is 0.0436. The van der Waals surface area contributed by atoms with Crippen molar-refractivity contribution in [2.45, 2.75) is 18.9 Å². The molecule has 1 unspecified atom stereocenters. The van der Waals surface area contributed by atoms with E-state index in [0.717, 1.165) is 0 Å². The number of hydrogen-bond acceptors (Lipinski definition) is 3. The third-order valence-corrected chi connectivity index (χ3v) is 3.93. The molecule has 4 nitrogen and oxygen atoms in total. The normalized spacial score (nSPS) is 29.0. The summed E-state index contributed by atoms with van der Waals surface area (Å²) >= 11 is 0. The summed E-state index contributed by atoms with van der Waals surface area (Å²) in [5, 5.41) is 11.2. The molecule has 1 atom stereocenters. The summed E-state index contributed by atoms with van der Waals surface area (Å²) in [7, 11) is 1.98. The van der Waals surface area contributed by atoms with Crippen LogP contribution in [0, 0.1) is 5.41 Å². The standard InChI is InChI=1S/C11H18N4/c1-15-7-9(6-14-15)10-11(8-13-10)2-4-12-5-3-11/h6-7,10,12-13H,2-5,8H2,1H3. The Morgan fingerprint density at radius 3 is 2.80 bits per heavy atom. The molecule has 2 fully saturated rings. The lowest BCUT2D eigenvalue weighted by atomic mass is 9.65. The number of aromatic nitrogens is 2. The molecular formula is C11H18N4. The van der Waals surface area contributed by atoms with Gasteiger partial charge in [0.1, 0.15) is 0 Å². The third kappa shape index (κ3) is 1.40. The van der Waals surface area contributed by atoms with Crippen molar-refractivity contribution >= 4 is 0 Å². The van der Waals surface area contributed by atoms with Gasteiger partial charge in [0, 0.05) is 36.8 Å². The Balaban J connectivity index is 1.82. The molecule has 0 bridgehead atoms. The van der Waals surface area contributed by atoms with E-state index in [0.29, 0.717) is 11.5 Å². The van der Waals surface area contributed by atoms with Crippen molar-refractivity contribution in [1.29, 1.82) is 0 Å². The molecule has 82 valence electrons. The van der Waals surface area contributed by atoms with E-state index in [1.807, 2.05) is 17.9 Å². The largest absolute Gasteiger partial charge is 0.317 e. The number of piperidine rings is 1. The maximum atomic E-state index is 4.26. The molecule has 0 saturated carbocycles. The molecular weight excluding hydrogens is 188 g/mol. The van der Waals surface area contributed by atoms with Crippen LogP contribution in [0.15, 0.2) is 12.4 Å². The van der Waals surface area contributed by atoms with Gasteiger partial charge in [-0.2, -0.15) is 5.10 Å². The Bertz CT molecular complexity index is 351. The highest BCUT2D eigenvalue weighted by atomic mass is 15.2. The molecule has 3 rings (SSSR count). The molecule has 15 heavy (non-hydrogen) atoms. The predicted molar refractivity (Wildman–Crippen MR) is 58.5 cm³/mol. The minimum atomic E-state index is 0.508. The molecule has 1 aromatic heterocycles. The Hall–Kier alpha value is -0.870. The Kier molecular flexibility index (Phi) is 2.07. The highest BCUT2D eigenvalue weighted by Gasteiger charge is 2.47. The monoisotopic (exact) mass is 206 g/mol. The first-order valence-corrected chi connectivity index (χ1v) is 5.73. The Morgan fingerprint density at radius 1 is 1.47 bits per heavy atom. The predicted octanol–water partition coefficient (Wildman–Crippen LogP) is 0.434. The molecule has 4 heteroatoms. The van der Waals surface area contributed by atoms with Gasteiger partial charge in [-0.05, 0) is 25.9 Å². The molecule has 1 aromatic rings. The molecule has 0 radical (unpaired) electrons. The first kappa shape index (κ1) is 9.36. The van der Waals surface area contributed by atoms with Gasteiger partial charge in [0.05, 0.1) is 6.20 Å². The number of hydrogen-bond donors (Lipinski definition) is 2. The lowest BCUT2D eigenvalue weighted by Gasteiger charge is -2.52. The van der Waals surface area contributed by atoms with E-state index < -0.39 is 0 Å². The van der Waals surface area contributed by atoms with E-state index in [4.69, 9.17) is 0 Å². The van der Waals surface area contributed by atoms with E-state index in [1.54, 1.807) is 0 Å². The zero-order valence-electron chi connectivity index (χ0n) is 9.16. The van der Waals surface area contributed by atoms with Gasteiger partial charge in [-0.15, -0.1) is 0 Å². The van der Waals surface area contributed by atoms with Gasteiger partial charge in [-0.1, -0.05) is 0 Å². The number of aryl methyl sites for hydroxylation is 1. The van der Waals surface area contributed by atoms with Crippen LogP contribution < -0.4 is 10.6 Å². The fourth-order valence-corrected chi connectivity index (χ4v) is 2.94. The van der Waals surface area contributed by atoms with Crippen LogP contribution >= 0.6 is 0 Å². The van der Waals surface area contributed by atoms with Crippen LogP contribution in [0.25, 0.3) is 0 Å². The summed E-state index contributed by atoms with van der Waals surface area (Å²) in [6.07, 6.45) is 6.72. The smallest absolute Gasteiger partial charge is 0.0537 e. The molecule has 2 N–H and O–H groups in total. The molecule has 2 aliphatic rings. The van der Waals surface area contributed by atoms with Crippen molar-refractivity contribution in [3.05, 3.63) is 18.0 Å². The molecule has 2 aliphatic heterocycles. The van der Waals surface area contributed by atoms with Crippen LogP contribution in [-0.2, 0) is 7.05 Å². The topological polar surface area (TPSA) is 41.9 Å². The summed E-state index contributed by atoms with van der Waals surface area (Å²) < 4.78 is 1.89. The highest BCUT2D eigenvalue weighted by molar-refractivity contribution is 5.20. The van der Waals surface area contributed by atoms with Crippen LogP contribution in [0.3, 0.4) is 0 Å². The maximum absolute atomic E-state index is 4.26. The fourth-order valence-electron chi connectivity index (χ4n) is 2.94. The molecule has 3 heterocycles. The molecule has 2 saturated heterocycles. The average Bonchev–Trinajstić information content (AvgIpc) is 2.64. The SMILES string of the molecule is Cn1cc(C2NCC23CCNCC3)cn1. The fraction of sp³-hybridized carbons (Fsp3) is 0.727. The lowest BCUT2D eigenvalue weighted by Crippen LogP contribution is -2.59. The summed E-state index contributed by atoms with van der Waals surface area (Å²) in [4.78, 5) is 0. The first-order valence-electron chi connectivity index (χ1n) is 5.73. The van der Waals surface area contributed by atoms with Crippen molar-refractivity contribution in [3.63, 3.8) is 0 Å². The van der Waals surface area contributed by atoms with Crippen molar-refractivity contribution in [1.82, 2.24) is 20.4 Å². The van der Waals surface area contributed by atoms with Gasteiger partial charge in [-0.3, -0.25) is 4.68 Å². The zero-order chi connectivity index (χ0) is 10.3. The number of nitrogens with zero attached hydrogens (tertiary/aromatic N) is 2. The van der Waals surface area contributed by atoms with Crippen LogP contribution in [0.5, 0.6) is 0 Å². The van der Waals surface area contributed by atoms with Crippen molar-refractivity contribution in [2.75, 3.05) is 19.6 Å². The van der Waals surface area contributed by atoms with Gasteiger partial charge in [0.2, 0.25) is 0 Å². The van der Waals surface area contributed by atoms with Crippen molar-refractivity contribution in [3.8, 4) is 0 Å². The van der Waals surface area contributed by atoms with Crippen molar-refractivity contribution < 1.29 is 0 Å². The minimum Gasteiger partial charge on any atom is -0.317 e. The Labute approximate surface area is 90.0 Å². The second-order valence-corrected chi connectivity index (χ2v) is 4.87. The minimum absolute atomic E-state index is 0.508. The number of nitrogens with one attached hydrogen (secondary N) is 2. The summed E-state index contributed by atoms with van der Waals surface area (Å²) in [5.41, 5.74) is 1.86. The highest BCUT2D eigenvalue weighted by Crippen LogP contribution is 2.47. The average molecular weight is 206 g/mol. The van der Waals surface area contributed by atoms with Gasteiger partial charge < -0.3 is 10.6 Å². The zero-order valence-corrected chi connectivity index (χ0v) is 9.16. The first-order chi connectivity index (χ1) is 7.30. The summed E-state index contributed by atoms with van der Waals surface area (Å²) in [6.45, 7) is 3.51. The second kappa shape index (κ2) is 3.32. The van der Waals surface area contributed by atoms with Crippen LogP contribution in [0.4, 0.5) is 0 Å². The van der Waals surface area contributed by atoms with E-state index in [9.17, 15) is 0 Å². The maximum Gasteiger partial charge on any atom is 0.0537 e. The quantitative estimate of drug-likeness (QED) is 0.700. The van der Waals surface area contributed by atoms with E-state index in [2.05, 4.69) is 21.9 Å². The van der Waals surface area contributed by atoms with Gasteiger partial charge in [0.25, 0.3) is 0 Å². The third-order valence-electron chi connectivity index (χ3n) is 3.93. The molecule has 0 amide bonds. The molecule has 1 spiro atoms. The van der Waals surface area contributed by atoms with E-state index in [-0.39, 0.29) is 0 Å².